The number of nitrogens with zero attached hydrogens (tertiary/aromatic N) is 5. The third kappa shape index (κ3) is 7.25. The first-order valence-corrected chi connectivity index (χ1v) is 16.6. The van der Waals surface area contributed by atoms with E-state index in [4.69, 9.17) is 19.2 Å². The molecule has 5 rings (SSSR count). The van der Waals surface area contributed by atoms with E-state index < -0.39 is 57.3 Å². The SMILES string of the molecule is Cc1cn([C@H]2C[C@@H](OS(=O)(=O)CCCN=[N+]=[N-])[C@@H](COC(c3ccccc3)(c3ccccc3)c3ccccc3)O2)c(=O)n(C(=O)O)c1=O. The molecule has 1 aliphatic rings. The van der Waals surface area contributed by atoms with Gasteiger partial charge in [0.25, 0.3) is 15.7 Å². The molecule has 0 unspecified atom stereocenters. The summed E-state index contributed by atoms with van der Waals surface area (Å²) in [7, 11) is -4.20. The Kier molecular flexibility index (Phi) is 10.6. The van der Waals surface area contributed by atoms with Gasteiger partial charge in [-0.2, -0.15) is 13.0 Å². The molecule has 1 fully saturated rings. The Balaban J connectivity index is 1.56. The van der Waals surface area contributed by atoms with Gasteiger partial charge in [0.2, 0.25) is 0 Å². The van der Waals surface area contributed by atoms with Crippen molar-refractivity contribution in [3.63, 3.8) is 0 Å². The minimum Gasteiger partial charge on any atom is -0.464 e. The predicted molar refractivity (Wildman–Crippen MR) is 174 cm³/mol. The van der Waals surface area contributed by atoms with Crippen molar-refractivity contribution in [2.75, 3.05) is 18.9 Å². The van der Waals surface area contributed by atoms with Gasteiger partial charge in [0.1, 0.15) is 24.0 Å². The molecule has 0 saturated carbocycles. The third-order valence-electron chi connectivity index (χ3n) is 7.96. The molecule has 0 amide bonds. The average Bonchev–Trinajstić information content (AvgIpc) is 3.47. The molecule has 250 valence electrons. The minimum absolute atomic E-state index is 0.00588. The average molecular weight is 676 g/mol. The van der Waals surface area contributed by atoms with Crippen molar-refractivity contribution in [3.8, 4) is 0 Å². The summed E-state index contributed by atoms with van der Waals surface area (Å²) in [4.78, 5) is 40.1. The molecule has 4 aromatic rings. The second-order valence-corrected chi connectivity index (χ2v) is 12.8. The zero-order valence-corrected chi connectivity index (χ0v) is 26.7. The van der Waals surface area contributed by atoms with Crippen molar-refractivity contribution < 1.29 is 32.0 Å². The van der Waals surface area contributed by atoms with Crippen molar-refractivity contribution in [3.05, 3.63) is 151 Å². The van der Waals surface area contributed by atoms with Crippen LogP contribution in [0.2, 0.25) is 0 Å². The van der Waals surface area contributed by atoms with Crippen LogP contribution < -0.4 is 11.2 Å². The van der Waals surface area contributed by atoms with Gasteiger partial charge in [-0.25, -0.2) is 9.59 Å². The van der Waals surface area contributed by atoms with Gasteiger partial charge in [-0.15, -0.1) is 0 Å². The first-order valence-electron chi connectivity index (χ1n) is 15.0. The van der Waals surface area contributed by atoms with Gasteiger partial charge in [0, 0.05) is 29.6 Å². The van der Waals surface area contributed by atoms with E-state index in [9.17, 15) is 27.9 Å². The number of hydrogen-bond donors (Lipinski definition) is 1. The van der Waals surface area contributed by atoms with Gasteiger partial charge in [-0.1, -0.05) is 96.1 Å². The quantitative estimate of drug-likeness (QED) is 0.0528. The molecular weight excluding hydrogens is 642 g/mol. The number of hydrogen-bond acceptors (Lipinski definition) is 9. The molecule has 1 aromatic heterocycles. The lowest BCUT2D eigenvalue weighted by Crippen LogP contribution is -2.45. The summed E-state index contributed by atoms with van der Waals surface area (Å²) >= 11 is 0. The normalized spacial score (nSPS) is 17.9. The molecule has 1 N–H and O–H groups in total. The number of azide groups is 1. The molecule has 1 aliphatic heterocycles. The van der Waals surface area contributed by atoms with Gasteiger partial charge in [0.15, 0.2) is 0 Å². The number of rotatable bonds is 13. The van der Waals surface area contributed by atoms with E-state index in [1.165, 1.54) is 13.1 Å². The molecule has 0 spiro atoms. The van der Waals surface area contributed by atoms with Crippen molar-refractivity contribution in [1.82, 2.24) is 9.13 Å². The zero-order chi connectivity index (χ0) is 34.3. The van der Waals surface area contributed by atoms with Crippen molar-refractivity contribution >= 4 is 16.2 Å². The maximum Gasteiger partial charge on any atom is 0.422 e. The van der Waals surface area contributed by atoms with Crippen LogP contribution in [-0.2, 0) is 29.4 Å². The number of aryl methyl sites for hydroxylation is 1. The number of carbonyl (C=O) groups is 1. The van der Waals surface area contributed by atoms with Crippen LogP contribution in [0.25, 0.3) is 10.4 Å². The minimum atomic E-state index is -4.20. The number of aromatic nitrogens is 2. The third-order valence-corrected chi connectivity index (χ3v) is 9.29. The molecule has 1 saturated heterocycles. The Hall–Kier alpha value is -5.05. The zero-order valence-electron chi connectivity index (χ0n) is 25.9. The fourth-order valence-corrected chi connectivity index (χ4v) is 6.92. The van der Waals surface area contributed by atoms with Crippen LogP contribution in [0.15, 0.2) is 112 Å². The topological polar surface area (TPSA) is 192 Å². The van der Waals surface area contributed by atoms with E-state index in [1.54, 1.807) is 0 Å². The lowest BCUT2D eigenvalue weighted by molar-refractivity contribution is -0.0912. The highest BCUT2D eigenvalue weighted by Gasteiger charge is 2.44. The van der Waals surface area contributed by atoms with Gasteiger partial charge in [0.05, 0.1) is 12.4 Å². The van der Waals surface area contributed by atoms with Crippen molar-refractivity contribution in [2.45, 2.75) is 43.8 Å². The first kappa shape index (κ1) is 34.3. The van der Waals surface area contributed by atoms with Crippen LogP contribution in [0.1, 0.15) is 41.3 Å². The Morgan fingerprint density at radius 1 is 1.00 bits per heavy atom. The molecule has 15 heteroatoms. The van der Waals surface area contributed by atoms with Gasteiger partial charge >= 0.3 is 11.8 Å². The smallest absolute Gasteiger partial charge is 0.422 e. The van der Waals surface area contributed by atoms with E-state index in [0.29, 0.717) is 0 Å². The molecule has 0 bridgehead atoms. The summed E-state index contributed by atoms with van der Waals surface area (Å²) in [5.74, 6) is -0.453. The van der Waals surface area contributed by atoms with Crippen LogP contribution in [-0.4, -0.2) is 59.9 Å². The highest BCUT2D eigenvalue weighted by molar-refractivity contribution is 7.86. The van der Waals surface area contributed by atoms with Crippen LogP contribution in [0, 0.1) is 6.92 Å². The summed E-state index contributed by atoms with van der Waals surface area (Å²) in [6, 6.07) is 28.4. The molecule has 2 heterocycles. The Bertz CT molecular complexity index is 1920. The molecular formula is C33H33N5O9S. The second kappa shape index (κ2) is 14.8. The largest absolute Gasteiger partial charge is 0.464 e. The van der Waals surface area contributed by atoms with Crippen LogP contribution in [0.4, 0.5) is 4.79 Å². The first-order chi connectivity index (χ1) is 23.1. The van der Waals surface area contributed by atoms with Gasteiger partial charge in [-0.05, 0) is 35.6 Å². The second-order valence-electron chi connectivity index (χ2n) is 11.1. The summed E-state index contributed by atoms with van der Waals surface area (Å²) < 4.78 is 45.9. The van der Waals surface area contributed by atoms with E-state index in [-0.39, 0.29) is 36.1 Å². The fourth-order valence-electron chi connectivity index (χ4n) is 5.76. The van der Waals surface area contributed by atoms with Crippen molar-refractivity contribution in [2.24, 2.45) is 5.11 Å². The number of carboxylic acid groups (broad SMARTS) is 1. The van der Waals surface area contributed by atoms with E-state index in [1.807, 2.05) is 91.0 Å². The highest BCUT2D eigenvalue weighted by atomic mass is 32.2. The monoisotopic (exact) mass is 675 g/mol. The molecule has 0 radical (unpaired) electrons. The summed E-state index contributed by atoms with van der Waals surface area (Å²) in [6.45, 7) is 1.05. The van der Waals surface area contributed by atoms with Crippen LogP contribution in [0.5, 0.6) is 0 Å². The fraction of sp³-hybridized carbons (Fsp3) is 0.303. The Morgan fingerprint density at radius 3 is 2.04 bits per heavy atom. The maximum absolute atomic E-state index is 13.2. The van der Waals surface area contributed by atoms with E-state index >= 15 is 0 Å². The Morgan fingerprint density at radius 2 is 1.54 bits per heavy atom. The molecule has 48 heavy (non-hydrogen) atoms. The lowest BCUT2D eigenvalue weighted by Gasteiger charge is -2.37. The Labute approximate surface area is 275 Å². The maximum atomic E-state index is 13.2. The van der Waals surface area contributed by atoms with Crippen molar-refractivity contribution in [1.29, 1.82) is 0 Å². The van der Waals surface area contributed by atoms with Crippen LogP contribution in [0.3, 0.4) is 0 Å². The molecule has 3 aromatic carbocycles. The van der Waals surface area contributed by atoms with Gasteiger partial charge in [-0.3, -0.25) is 13.5 Å². The van der Waals surface area contributed by atoms with Gasteiger partial charge < -0.3 is 14.6 Å². The predicted octanol–water partition coefficient (Wildman–Crippen LogP) is 4.56. The van der Waals surface area contributed by atoms with E-state index in [2.05, 4.69) is 10.0 Å². The molecule has 0 aliphatic carbocycles. The highest BCUT2D eigenvalue weighted by Crippen LogP contribution is 2.42. The lowest BCUT2D eigenvalue weighted by atomic mass is 9.80. The summed E-state index contributed by atoms with van der Waals surface area (Å²) in [5, 5.41) is 12.9. The number of ether oxygens (including phenoxy) is 2. The number of benzene rings is 3. The standard InChI is InChI=1S/C33H33N5O9S/c1-23-21-37(31(40)38(30(23)39)32(41)42)29-20-27(47-48(43,44)19-11-18-35-36-34)28(46-29)22-45-33(24-12-5-2-6-13-24,25-14-7-3-8-15-25)26-16-9-4-10-17-26/h2-10,12-17,21,27-29H,11,18-20,22H2,1H3,(H,41,42)/t27-,28-,29-/m1/s1. The van der Waals surface area contributed by atoms with E-state index in [0.717, 1.165) is 21.3 Å². The summed E-state index contributed by atoms with van der Waals surface area (Å²) in [6.07, 6.45) is -4.27. The molecule has 3 atom stereocenters. The molecule has 14 nitrogen and oxygen atoms in total. The summed E-state index contributed by atoms with van der Waals surface area (Å²) in [5.41, 5.74) is 7.46. The van der Waals surface area contributed by atoms with Crippen LogP contribution >= 0.6 is 0 Å².